The maximum absolute atomic E-state index is 13.0. The average Bonchev–Trinajstić information content (AvgIpc) is 2.65. The Balaban J connectivity index is 2.02. The predicted molar refractivity (Wildman–Crippen MR) is 109 cm³/mol. The summed E-state index contributed by atoms with van der Waals surface area (Å²) in [7, 11) is 1.62. The maximum Gasteiger partial charge on any atom is 0.425 e. The number of anilines is 1. The van der Waals surface area contributed by atoms with Crippen molar-refractivity contribution in [3.63, 3.8) is 0 Å². The molecule has 0 saturated heterocycles. The second kappa shape index (κ2) is 7.88. The number of rotatable bonds is 4. The third-order valence-electron chi connectivity index (χ3n) is 3.68. The summed E-state index contributed by atoms with van der Waals surface area (Å²) in [6, 6.07) is 15.3. The molecule has 2 aromatic carbocycles. The Morgan fingerprint density at radius 1 is 1.04 bits per heavy atom. The first kappa shape index (κ1) is 19.0. The van der Waals surface area contributed by atoms with Crippen LogP contribution in [0.5, 0.6) is 5.75 Å². The van der Waals surface area contributed by atoms with E-state index in [1.54, 1.807) is 23.8 Å². The van der Waals surface area contributed by atoms with E-state index >= 15 is 0 Å². The van der Waals surface area contributed by atoms with Gasteiger partial charge < -0.3 is 9.47 Å². The highest BCUT2D eigenvalue weighted by molar-refractivity contribution is 8.01. The Kier molecular flexibility index (Phi) is 5.56. The van der Waals surface area contributed by atoms with Gasteiger partial charge in [0.1, 0.15) is 11.4 Å². The van der Waals surface area contributed by atoms with E-state index in [0.29, 0.717) is 5.69 Å². The standard InChI is InChI=1S/C21H22N2O3S/c1-21(2,3)26-20(24)23(27-17-11-9-16(25-4)10-12-17)19-14-22-13-15-7-5-6-8-18(15)19/h5-14H,1-4H3. The van der Waals surface area contributed by atoms with Gasteiger partial charge in [-0.25, -0.2) is 9.10 Å². The molecule has 0 spiro atoms. The number of ether oxygens (including phenoxy) is 2. The number of methoxy groups -OCH3 is 1. The molecule has 0 N–H and O–H groups in total. The summed E-state index contributed by atoms with van der Waals surface area (Å²) in [5, 5.41) is 1.89. The quantitative estimate of drug-likeness (QED) is 0.542. The number of benzene rings is 2. The first-order chi connectivity index (χ1) is 12.9. The van der Waals surface area contributed by atoms with Gasteiger partial charge >= 0.3 is 6.09 Å². The third kappa shape index (κ3) is 4.71. The number of hydrogen-bond acceptors (Lipinski definition) is 5. The lowest BCUT2D eigenvalue weighted by molar-refractivity contribution is 0.0612. The molecule has 0 saturated carbocycles. The van der Waals surface area contributed by atoms with Crippen LogP contribution in [0.2, 0.25) is 0 Å². The van der Waals surface area contributed by atoms with Crippen molar-refractivity contribution in [3.05, 3.63) is 60.9 Å². The van der Waals surface area contributed by atoms with E-state index in [1.165, 1.54) is 11.9 Å². The molecule has 0 atom stereocenters. The van der Waals surface area contributed by atoms with Gasteiger partial charge in [0.15, 0.2) is 0 Å². The minimum absolute atomic E-state index is 0.443. The molecule has 27 heavy (non-hydrogen) atoms. The number of pyridine rings is 1. The number of hydrogen-bond donors (Lipinski definition) is 0. The Morgan fingerprint density at radius 2 is 1.74 bits per heavy atom. The molecule has 0 unspecified atom stereocenters. The van der Waals surface area contributed by atoms with Crippen LogP contribution < -0.4 is 9.04 Å². The van der Waals surface area contributed by atoms with Gasteiger partial charge in [0.05, 0.1) is 19.0 Å². The highest BCUT2D eigenvalue weighted by atomic mass is 32.2. The van der Waals surface area contributed by atoms with E-state index in [0.717, 1.165) is 21.4 Å². The largest absolute Gasteiger partial charge is 0.497 e. The summed E-state index contributed by atoms with van der Waals surface area (Å²) < 4.78 is 12.4. The molecule has 6 heteroatoms. The zero-order chi connectivity index (χ0) is 19.4. The van der Waals surface area contributed by atoms with Gasteiger partial charge in [-0.2, -0.15) is 0 Å². The summed E-state index contributed by atoms with van der Waals surface area (Å²) in [6.07, 6.45) is 3.02. The van der Waals surface area contributed by atoms with Crippen LogP contribution in [0.15, 0.2) is 65.8 Å². The topological polar surface area (TPSA) is 51.7 Å². The van der Waals surface area contributed by atoms with Crippen molar-refractivity contribution in [2.24, 2.45) is 0 Å². The van der Waals surface area contributed by atoms with Crippen molar-refractivity contribution in [2.75, 3.05) is 11.4 Å². The molecule has 1 heterocycles. The Hall–Kier alpha value is -2.73. The normalized spacial score (nSPS) is 11.3. The summed E-state index contributed by atoms with van der Waals surface area (Å²) in [5.74, 6) is 0.759. The maximum atomic E-state index is 13.0. The number of amides is 1. The minimum atomic E-state index is -0.603. The number of carbonyl (C=O) groups excluding carboxylic acids is 1. The van der Waals surface area contributed by atoms with Crippen LogP contribution in [0, 0.1) is 0 Å². The van der Waals surface area contributed by atoms with Gasteiger partial charge in [-0.1, -0.05) is 24.3 Å². The molecule has 5 nitrogen and oxygen atoms in total. The first-order valence-corrected chi connectivity index (χ1v) is 9.32. The van der Waals surface area contributed by atoms with Crippen molar-refractivity contribution < 1.29 is 14.3 Å². The third-order valence-corrected chi connectivity index (χ3v) is 4.69. The van der Waals surface area contributed by atoms with Crippen molar-refractivity contribution in [1.29, 1.82) is 0 Å². The smallest absolute Gasteiger partial charge is 0.425 e. The zero-order valence-electron chi connectivity index (χ0n) is 15.8. The minimum Gasteiger partial charge on any atom is -0.497 e. The van der Waals surface area contributed by atoms with Crippen LogP contribution in [0.4, 0.5) is 10.5 Å². The number of carbonyl (C=O) groups is 1. The molecular formula is C21H22N2O3S. The number of nitrogens with zero attached hydrogens (tertiary/aromatic N) is 2. The molecule has 0 aliphatic heterocycles. The lowest BCUT2D eigenvalue weighted by atomic mass is 10.1. The number of fused-ring (bicyclic) bond motifs is 1. The Bertz CT molecular complexity index is 931. The van der Waals surface area contributed by atoms with E-state index in [4.69, 9.17) is 9.47 Å². The molecule has 0 aliphatic carbocycles. The lowest BCUT2D eigenvalue weighted by Crippen LogP contribution is -2.32. The molecule has 3 aromatic rings. The summed E-state index contributed by atoms with van der Waals surface area (Å²) >= 11 is 1.29. The van der Waals surface area contributed by atoms with Crippen molar-refractivity contribution in [2.45, 2.75) is 31.3 Å². The predicted octanol–water partition coefficient (Wildman–Crippen LogP) is 5.69. The van der Waals surface area contributed by atoms with Gasteiger partial charge in [0, 0.05) is 21.9 Å². The van der Waals surface area contributed by atoms with Crippen LogP contribution >= 0.6 is 11.9 Å². The van der Waals surface area contributed by atoms with E-state index in [1.807, 2.05) is 69.3 Å². The highest BCUT2D eigenvalue weighted by Crippen LogP contribution is 2.35. The molecule has 140 valence electrons. The van der Waals surface area contributed by atoms with Gasteiger partial charge in [-0.15, -0.1) is 0 Å². The van der Waals surface area contributed by atoms with E-state index < -0.39 is 11.7 Å². The van der Waals surface area contributed by atoms with Crippen LogP contribution in [0.1, 0.15) is 20.8 Å². The monoisotopic (exact) mass is 382 g/mol. The zero-order valence-corrected chi connectivity index (χ0v) is 16.6. The van der Waals surface area contributed by atoms with E-state index in [9.17, 15) is 4.79 Å². The lowest BCUT2D eigenvalue weighted by Gasteiger charge is -2.27. The molecule has 0 fully saturated rings. The molecule has 3 rings (SSSR count). The van der Waals surface area contributed by atoms with E-state index in [-0.39, 0.29) is 0 Å². The molecule has 1 amide bonds. The Morgan fingerprint density at radius 3 is 2.41 bits per heavy atom. The average molecular weight is 382 g/mol. The van der Waals surface area contributed by atoms with Gasteiger partial charge in [0.2, 0.25) is 0 Å². The van der Waals surface area contributed by atoms with Gasteiger partial charge in [-0.3, -0.25) is 4.98 Å². The molecule has 0 aliphatic rings. The van der Waals surface area contributed by atoms with E-state index in [2.05, 4.69) is 4.98 Å². The van der Waals surface area contributed by atoms with Crippen LogP contribution in [-0.2, 0) is 4.74 Å². The van der Waals surface area contributed by atoms with Crippen LogP contribution in [0.25, 0.3) is 10.8 Å². The first-order valence-electron chi connectivity index (χ1n) is 8.55. The van der Waals surface area contributed by atoms with Crippen LogP contribution in [0.3, 0.4) is 0 Å². The SMILES string of the molecule is COc1ccc(SN(C(=O)OC(C)(C)C)c2cncc3ccccc23)cc1. The number of aromatic nitrogens is 1. The fourth-order valence-corrected chi connectivity index (χ4v) is 3.32. The molecule has 0 bridgehead atoms. The van der Waals surface area contributed by atoms with Crippen molar-refractivity contribution in [3.8, 4) is 5.75 Å². The molecular weight excluding hydrogens is 360 g/mol. The molecule has 0 radical (unpaired) electrons. The van der Waals surface area contributed by atoms with Crippen molar-refractivity contribution in [1.82, 2.24) is 4.98 Å². The van der Waals surface area contributed by atoms with Crippen LogP contribution in [-0.4, -0.2) is 23.8 Å². The Labute approximate surface area is 163 Å². The van der Waals surface area contributed by atoms with Gasteiger partial charge in [-0.05, 0) is 57.0 Å². The highest BCUT2D eigenvalue weighted by Gasteiger charge is 2.26. The fourth-order valence-electron chi connectivity index (χ4n) is 2.49. The van der Waals surface area contributed by atoms with Gasteiger partial charge in [0.25, 0.3) is 0 Å². The summed E-state index contributed by atoms with van der Waals surface area (Å²) in [6.45, 7) is 5.55. The second-order valence-electron chi connectivity index (χ2n) is 6.92. The summed E-state index contributed by atoms with van der Waals surface area (Å²) in [4.78, 5) is 18.1. The fraction of sp³-hybridized carbons (Fsp3) is 0.238. The van der Waals surface area contributed by atoms with Crippen molar-refractivity contribution >= 4 is 34.5 Å². The molecule has 1 aromatic heterocycles. The summed E-state index contributed by atoms with van der Waals surface area (Å²) in [5.41, 5.74) is 0.0801. The second-order valence-corrected chi connectivity index (χ2v) is 7.94.